The molecule has 0 heterocycles. The van der Waals surface area contributed by atoms with Crippen molar-refractivity contribution in [3.8, 4) is 0 Å². The van der Waals surface area contributed by atoms with Crippen LogP contribution in [0.25, 0.3) is 0 Å². The second-order valence-electron chi connectivity index (χ2n) is 6.33. The van der Waals surface area contributed by atoms with E-state index < -0.39 is 0 Å². The van der Waals surface area contributed by atoms with Crippen molar-refractivity contribution in [3.05, 3.63) is 0 Å². The van der Waals surface area contributed by atoms with Crippen molar-refractivity contribution in [1.82, 2.24) is 4.90 Å². The first kappa shape index (κ1) is 16.9. The zero-order chi connectivity index (χ0) is 13.6. The third kappa shape index (κ3) is 8.58. The molecule has 3 nitrogen and oxygen atoms in total. The lowest BCUT2D eigenvalue weighted by Crippen LogP contribution is -2.46. The summed E-state index contributed by atoms with van der Waals surface area (Å²) in [7, 11) is 2.13. The van der Waals surface area contributed by atoms with Gasteiger partial charge in [0.05, 0.1) is 11.7 Å². The molecule has 3 atom stereocenters. The largest absolute Gasteiger partial charge is 0.371 e. The van der Waals surface area contributed by atoms with Gasteiger partial charge in [0, 0.05) is 19.1 Å². The Balaban J connectivity index is 4.02. The van der Waals surface area contributed by atoms with Gasteiger partial charge in [-0.3, -0.25) is 0 Å². The molecule has 0 rings (SSSR count). The number of hydrogen-bond donors (Lipinski definition) is 1. The van der Waals surface area contributed by atoms with Crippen LogP contribution in [0.1, 0.15) is 48.0 Å². The first-order valence-electron chi connectivity index (χ1n) is 6.77. The monoisotopic (exact) mass is 244 g/mol. The SMILES string of the molecule is CCC(C)CN(C)C[C@@H](N)[C@@H](C)OC(C)(C)C. The molecule has 0 bridgehead atoms. The van der Waals surface area contributed by atoms with Gasteiger partial charge in [-0.15, -0.1) is 0 Å². The minimum atomic E-state index is -0.119. The second-order valence-corrected chi connectivity index (χ2v) is 6.33. The van der Waals surface area contributed by atoms with Gasteiger partial charge in [-0.05, 0) is 40.7 Å². The van der Waals surface area contributed by atoms with E-state index in [2.05, 4.69) is 53.5 Å². The van der Waals surface area contributed by atoms with Gasteiger partial charge in [0.25, 0.3) is 0 Å². The van der Waals surface area contributed by atoms with E-state index in [9.17, 15) is 0 Å². The molecular weight excluding hydrogens is 212 g/mol. The molecule has 2 N–H and O–H groups in total. The third-order valence-corrected chi connectivity index (χ3v) is 2.99. The maximum absolute atomic E-state index is 6.18. The summed E-state index contributed by atoms with van der Waals surface area (Å²) >= 11 is 0. The molecule has 0 amide bonds. The quantitative estimate of drug-likeness (QED) is 0.748. The van der Waals surface area contributed by atoms with Crippen molar-refractivity contribution in [2.45, 2.75) is 65.7 Å². The number of ether oxygens (including phenoxy) is 1. The standard InChI is InChI=1S/C14H32N2O/c1-8-11(2)9-16(7)10-13(15)12(3)17-14(4,5)6/h11-13H,8-10,15H2,1-7H3/t11?,12-,13-/m1/s1. The van der Waals surface area contributed by atoms with Gasteiger partial charge in [0.15, 0.2) is 0 Å². The molecule has 0 spiro atoms. The van der Waals surface area contributed by atoms with Crippen molar-refractivity contribution in [2.75, 3.05) is 20.1 Å². The van der Waals surface area contributed by atoms with Crippen LogP contribution >= 0.6 is 0 Å². The average molecular weight is 244 g/mol. The van der Waals surface area contributed by atoms with Crippen molar-refractivity contribution < 1.29 is 4.74 Å². The fraction of sp³-hybridized carbons (Fsp3) is 1.00. The number of hydrogen-bond acceptors (Lipinski definition) is 3. The molecule has 0 aromatic rings. The van der Waals surface area contributed by atoms with Gasteiger partial charge < -0.3 is 15.4 Å². The van der Waals surface area contributed by atoms with Crippen LogP contribution in [0.15, 0.2) is 0 Å². The van der Waals surface area contributed by atoms with Crippen LogP contribution in [0.2, 0.25) is 0 Å². The Labute approximate surface area is 108 Å². The highest BCUT2D eigenvalue weighted by Gasteiger charge is 2.21. The Morgan fingerprint density at radius 3 is 2.12 bits per heavy atom. The lowest BCUT2D eigenvalue weighted by molar-refractivity contribution is -0.0642. The van der Waals surface area contributed by atoms with E-state index in [1.165, 1.54) is 6.42 Å². The van der Waals surface area contributed by atoms with Crippen LogP contribution in [-0.4, -0.2) is 42.8 Å². The highest BCUT2D eigenvalue weighted by atomic mass is 16.5. The number of likely N-dealkylation sites (N-methyl/N-ethyl adjacent to an activating group) is 1. The molecule has 3 heteroatoms. The van der Waals surface area contributed by atoms with E-state index in [1.807, 2.05) is 0 Å². The summed E-state index contributed by atoms with van der Waals surface area (Å²) in [5.74, 6) is 0.728. The van der Waals surface area contributed by atoms with Crippen molar-refractivity contribution in [1.29, 1.82) is 0 Å². The summed E-state index contributed by atoms with van der Waals surface area (Å²) in [6, 6.07) is 0.0725. The first-order chi connectivity index (χ1) is 7.65. The molecule has 0 aliphatic carbocycles. The van der Waals surface area contributed by atoms with Crippen LogP contribution in [0.5, 0.6) is 0 Å². The summed E-state index contributed by atoms with van der Waals surface area (Å²) < 4.78 is 5.88. The summed E-state index contributed by atoms with van der Waals surface area (Å²) in [6.07, 6.45) is 1.31. The Hall–Kier alpha value is -0.120. The number of nitrogens with two attached hydrogens (primary N) is 1. The van der Waals surface area contributed by atoms with Gasteiger partial charge in [-0.25, -0.2) is 0 Å². The van der Waals surface area contributed by atoms with Crippen LogP contribution in [0.3, 0.4) is 0 Å². The summed E-state index contributed by atoms with van der Waals surface area (Å²) in [5, 5.41) is 0. The Bertz CT molecular complexity index is 201. The maximum Gasteiger partial charge on any atom is 0.0717 e. The predicted molar refractivity (Wildman–Crippen MR) is 75.2 cm³/mol. The zero-order valence-corrected chi connectivity index (χ0v) is 12.8. The molecule has 0 fully saturated rings. The fourth-order valence-electron chi connectivity index (χ4n) is 1.89. The molecular formula is C14H32N2O. The summed E-state index contributed by atoms with van der Waals surface area (Å²) in [4.78, 5) is 2.31. The van der Waals surface area contributed by atoms with E-state index in [1.54, 1.807) is 0 Å². The summed E-state index contributed by atoms with van der Waals surface area (Å²) in [6.45, 7) is 14.8. The van der Waals surface area contributed by atoms with Gasteiger partial charge in [0.1, 0.15) is 0 Å². The maximum atomic E-state index is 6.18. The molecule has 0 aromatic carbocycles. The lowest BCUT2D eigenvalue weighted by atomic mass is 10.1. The van der Waals surface area contributed by atoms with Crippen LogP contribution in [0.4, 0.5) is 0 Å². The van der Waals surface area contributed by atoms with E-state index in [-0.39, 0.29) is 17.7 Å². The van der Waals surface area contributed by atoms with Gasteiger partial charge in [-0.1, -0.05) is 20.3 Å². The van der Waals surface area contributed by atoms with E-state index in [0.29, 0.717) is 0 Å². The minimum Gasteiger partial charge on any atom is -0.371 e. The topological polar surface area (TPSA) is 38.5 Å². The summed E-state index contributed by atoms with van der Waals surface area (Å²) in [5.41, 5.74) is 6.06. The van der Waals surface area contributed by atoms with E-state index in [4.69, 9.17) is 10.5 Å². The molecule has 0 saturated heterocycles. The van der Waals surface area contributed by atoms with Crippen molar-refractivity contribution in [2.24, 2.45) is 11.7 Å². The molecule has 0 aliphatic heterocycles. The molecule has 17 heavy (non-hydrogen) atoms. The van der Waals surface area contributed by atoms with Crippen molar-refractivity contribution >= 4 is 0 Å². The van der Waals surface area contributed by atoms with Gasteiger partial charge >= 0.3 is 0 Å². The average Bonchev–Trinajstić information content (AvgIpc) is 2.14. The lowest BCUT2D eigenvalue weighted by Gasteiger charge is -2.31. The van der Waals surface area contributed by atoms with Crippen LogP contribution in [-0.2, 0) is 4.74 Å². The predicted octanol–water partition coefficient (Wildman–Crippen LogP) is 2.50. The number of nitrogens with zero attached hydrogens (tertiary/aromatic N) is 1. The molecule has 1 unspecified atom stereocenters. The van der Waals surface area contributed by atoms with E-state index >= 15 is 0 Å². The number of rotatable bonds is 7. The first-order valence-corrected chi connectivity index (χ1v) is 6.77. The molecule has 0 aliphatic rings. The second kappa shape index (κ2) is 7.34. The Kier molecular flexibility index (Phi) is 7.29. The van der Waals surface area contributed by atoms with Crippen LogP contribution in [0, 0.1) is 5.92 Å². The third-order valence-electron chi connectivity index (χ3n) is 2.99. The highest BCUT2D eigenvalue weighted by Crippen LogP contribution is 2.13. The van der Waals surface area contributed by atoms with Gasteiger partial charge in [-0.2, -0.15) is 0 Å². The molecule has 0 saturated carbocycles. The molecule has 0 aromatic heterocycles. The zero-order valence-electron chi connectivity index (χ0n) is 12.8. The van der Waals surface area contributed by atoms with Gasteiger partial charge in [0.2, 0.25) is 0 Å². The Morgan fingerprint density at radius 2 is 1.71 bits per heavy atom. The minimum absolute atomic E-state index is 0.0725. The normalized spacial score (nSPS) is 18.2. The van der Waals surface area contributed by atoms with Crippen LogP contribution < -0.4 is 5.73 Å². The molecule has 0 radical (unpaired) electrons. The van der Waals surface area contributed by atoms with Crippen molar-refractivity contribution in [3.63, 3.8) is 0 Å². The fourth-order valence-corrected chi connectivity index (χ4v) is 1.89. The van der Waals surface area contributed by atoms with E-state index in [0.717, 1.165) is 19.0 Å². The smallest absolute Gasteiger partial charge is 0.0717 e. The highest BCUT2D eigenvalue weighted by molar-refractivity contribution is 4.76. The Morgan fingerprint density at radius 1 is 1.18 bits per heavy atom. The molecule has 104 valence electrons.